The number of likely N-dealkylation sites (N-methyl/N-ethyl adjacent to an activating group) is 2. The second-order valence-electron chi connectivity index (χ2n) is 8.55. The lowest BCUT2D eigenvalue weighted by molar-refractivity contribution is 0.0710. The van der Waals surface area contributed by atoms with Crippen molar-refractivity contribution in [3.8, 4) is 0 Å². The van der Waals surface area contributed by atoms with Crippen LogP contribution in [0, 0.1) is 5.92 Å². The van der Waals surface area contributed by atoms with Crippen molar-refractivity contribution in [3.63, 3.8) is 0 Å². The van der Waals surface area contributed by atoms with E-state index >= 15 is 0 Å². The molecule has 3 unspecified atom stereocenters. The Balaban J connectivity index is 2.14. The molecule has 0 saturated heterocycles. The zero-order valence-electron chi connectivity index (χ0n) is 19.5. The summed E-state index contributed by atoms with van der Waals surface area (Å²) in [6.07, 6.45) is 8.55. The molecule has 2 rings (SSSR count). The van der Waals surface area contributed by atoms with Gasteiger partial charge in [-0.15, -0.1) is 6.58 Å². The van der Waals surface area contributed by atoms with Crippen LogP contribution in [0.15, 0.2) is 43.1 Å². The van der Waals surface area contributed by atoms with Gasteiger partial charge in [-0.3, -0.25) is 9.69 Å². The minimum Gasteiger partial charge on any atom is -0.391 e. The molecule has 1 fully saturated rings. The molecule has 1 aromatic carbocycles. The SMILES string of the molecule is C=CCCC(C(=C)NC)N(C)Cc1cc(CC2CCC2N(CC)CC)ccc1C=O. The van der Waals surface area contributed by atoms with Crippen molar-refractivity contribution >= 4 is 6.29 Å². The summed E-state index contributed by atoms with van der Waals surface area (Å²) >= 11 is 0. The summed E-state index contributed by atoms with van der Waals surface area (Å²) in [5.41, 5.74) is 4.24. The van der Waals surface area contributed by atoms with E-state index in [0.717, 1.165) is 67.9 Å². The summed E-state index contributed by atoms with van der Waals surface area (Å²) in [7, 11) is 4.03. The fourth-order valence-electron chi connectivity index (χ4n) is 4.79. The molecule has 0 heterocycles. The van der Waals surface area contributed by atoms with Gasteiger partial charge in [0.25, 0.3) is 0 Å². The summed E-state index contributed by atoms with van der Waals surface area (Å²) in [4.78, 5) is 16.6. The minimum atomic E-state index is 0.204. The molecular formula is C26H41N3O. The first-order chi connectivity index (χ1) is 14.5. The van der Waals surface area contributed by atoms with E-state index in [1.807, 2.05) is 19.2 Å². The molecule has 0 spiro atoms. The number of aldehydes is 1. The van der Waals surface area contributed by atoms with Crippen LogP contribution in [-0.2, 0) is 13.0 Å². The number of benzene rings is 1. The summed E-state index contributed by atoms with van der Waals surface area (Å²) in [5, 5.41) is 3.20. The van der Waals surface area contributed by atoms with Gasteiger partial charge >= 0.3 is 0 Å². The second-order valence-corrected chi connectivity index (χ2v) is 8.55. The van der Waals surface area contributed by atoms with Gasteiger partial charge in [0, 0.05) is 36.9 Å². The summed E-state index contributed by atoms with van der Waals surface area (Å²) in [5.74, 6) is 0.724. The fourth-order valence-corrected chi connectivity index (χ4v) is 4.79. The number of rotatable bonds is 14. The Labute approximate surface area is 184 Å². The number of nitrogens with one attached hydrogen (secondary N) is 1. The van der Waals surface area contributed by atoms with E-state index < -0.39 is 0 Å². The highest BCUT2D eigenvalue weighted by Crippen LogP contribution is 2.35. The topological polar surface area (TPSA) is 35.6 Å². The lowest BCUT2D eigenvalue weighted by Crippen LogP contribution is -2.47. The molecule has 0 bridgehead atoms. The molecule has 1 aliphatic carbocycles. The molecular weight excluding hydrogens is 370 g/mol. The van der Waals surface area contributed by atoms with Crippen LogP contribution in [0.1, 0.15) is 61.0 Å². The van der Waals surface area contributed by atoms with Crippen LogP contribution in [0.4, 0.5) is 0 Å². The van der Waals surface area contributed by atoms with Gasteiger partial charge in [0.15, 0.2) is 0 Å². The van der Waals surface area contributed by atoms with Gasteiger partial charge in [0.1, 0.15) is 6.29 Å². The van der Waals surface area contributed by atoms with E-state index in [1.54, 1.807) is 0 Å². The van der Waals surface area contributed by atoms with Crippen molar-refractivity contribution in [1.29, 1.82) is 0 Å². The zero-order valence-corrected chi connectivity index (χ0v) is 19.5. The molecule has 0 amide bonds. The van der Waals surface area contributed by atoms with E-state index in [0.29, 0.717) is 6.04 Å². The molecule has 0 aromatic heterocycles. The number of nitrogens with zero attached hydrogens (tertiary/aromatic N) is 2. The van der Waals surface area contributed by atoms with Gasteiger partial charge in [-0.2, -0.15) is 0 Å². The maximum atomic E-state index is 11.7. The van der Waals surface area contributed by atoms with Gasteiger partial charge < -0.3 is 10.2 Å². The van der Waals surface area contributed by atoms with Crippen LogP contribution < -0.4 is 5.32 Å². The highest BCUT2D eigenvalue weighted by Gasteiger charge is 2.34. The monoisotopic (exact) mass is 411 g/mol. The van der Waals surface area contributed by atoms with Crippen molar-refractivity contribution in [3.05, 3.63) is 59.8 Å². The molecule has 4 heteroatoms. The summed E-state index contributed by atoms with van der Waals surface area (Å²) < 4.78 is 0. The normalized spacial score (nSPS) is 19.4. The summed E-state index contributed by atoms with van der Waals surface area (Å²) in [6.45, 7) is 15.5. The molecule has 1 aromatic rings. The van der Waals surface area contributed by atoms with Crippen LogP contribution in [-0.4, -0.2) is 55.4 Å². The third kappa shape index (κ3) is 6.05. The maximum Gasteiger partial charge on any atom is 0.150 e. The lowest BCUT2D eigenvalue weighted by atomic mass is 9.74. The Hall–Kier alpha value is -1.91. The van der Waals surface area contributed by atoms with E-state index in [4.69, 9.17) is 0 Å². The first-order valence-corrected chi connectivity index (χ1v) is 11.5. The third-order valence-corrected chi connectivity index (χ3v) is 6.81. The molecule has 1 saturated carbocycles. The molecule has 30 heavy (non-hydrogen) atoms. The first-order valence-electron chi connectivity index (χ1n) is 11.5. The van der Waals surface area contributed by atoms with E-state index in [2.05, 4.69) is 61.3 Å². The highest BCUT2D eigenvalue weighted by molar-refractivity contribution is 5.77. The predicted octanol–water partition coefficient (Wildman–Crippen LogP) is 4.66. The predicted molar refractivity (Wildman–Crippen MR) is 128 cm³/mol. The maximum absolute atomic E-state index is 11.7. The van der Waals surface area contributed by atoms with E-state index in [-0.39, 0.29) is 6.04 Å². The fraction of sp³-hybridized carbons (Fsp3) is 0.577. The van der Waals surface area contributed by atoms with Crippen molar-refractivity contribution < 1.29 is 4.79 Å². The second kappa shape index (κ2) is 12.1. The molecule has 166 valence electrons. The quantitative estimate of drug-likeness (QED) is 0.357. The molecule has 0 radical (unpaired) electrons. The summed E-state index contributed by atoms with van der Waals surface area (Å²) in [6, 6.07) is 7.31. The average molecular weight is 412 g/mol. The van der Waals surface area contributed by atoms with Crippen LogP contribution in [0.3, 0.4) is 0 Å². The van der Waals surface area contributed by atoms with Gasteiger partial charge in [0.2, 0.25) is 0 Å². The zero-order chi connectivity index (χ0) is 22.1. The first kappa shape index (κ1) is 24.4. The van der Waals surface area contributed by atoms with Crippen molar-refractivity contribution in [2.45, 2.75) is 64.6 Å². The number of hydrogen-bond acceptors (Lipinski definition) is 4. The van der Waals surface area contributed by atoms with Gasteiger partial charge in [0.05, 0.1) is 0 Å². The van der Waals surface area contributed by atoms with Crippen LogP contribution in [0.5, 0.6) is 0 Å². The molecule has 1 N–H and O–H groups in total. The average Bonchev–Trinajstić information content (AvgIpc) is 2.74. The van der Waals surface area contributed by atoms with Crippen molar-refractivity contribution in [1.82, 2.24) is 15.1 Å². The Kier molecular flexibility index (Phi) is 9.80. The Morgan fingerprint density at radius 3 is 2.57 bits per heavy atom. The van der Waals surface area contributed by atoms with Gasteiger partial charge in [-0.05, 0) is 69.3 Å². The van der Waals surface area contributed by atoms with Gasteiger partial charge in [-0.25, -0.2) is 0 Å². The smallest absolute Gasteiger partial charge is 0.150 e. The van der Waals surface area contributed by atoms with Gasteiger partial charge in [-0.1, -0.05) is 44.7 Å². The van der Waals surface area contributed by atoms with Crippen molar-refractivity contribution in [2.75, 3.05) is 27.2 Å². The van der Waals surface area contributed by atoms with Crippen LogP contribution in [0.25, 0.3) is 0 Å². The molecule has 3 atom stereocenters. The third-order valence-electron chi connectivity index (χ3n) is 6.81. The van der Waals surface area contributed by atoms with Crippen LogP contribution in [0.2, 0.25) is 0 Å². The van der Waals surface area contributed by atoms with Crippen LogP contribution >= 0.6 is 0 Å². The Bertz CT molecular complexity index is 710. The number of hydrogen-bond donors (Lipinski definition) is 1. The Morgan fingerprint density at radius 1 is 1.30 bits per heavy atom. The van der Waals surface area contributed by atoms with E-state index in [9.17, 15) is 4.79 Å². The Morgan fingerprint density at radius 2 is 2.03 bits per heavy atom. The van der Waals surface area contributed by atoms with Crippen molar-refractivity contribution in [2.24, 2.45) is 5.92 Å². The lowest BCUT2D eigenvalue weighted by Gasteiger charge is -2.44. The molecule has 4 nitrogen and oxygen atoms in total. The number of carbonyl (C=O) groups is 1. The molecule has 1 aliphatic rings. The van der Waals surface area contributed by atoms with E-state index in [1.165, 1.54) is 18.4 Å². The minimum absolute atomic E-state index is 0.204. The number of allylic oxidation sites excluding steroid dienone is 1. The number of carbonyl (C=O) groups excluding carboxylic acids is 1. The molecule has 0 aliphatic heterocycles. The largest absolute Gasteiger partial charge is 0.391 e. The highest BCUT2D eigenvalue weighted by atomic mass is 16.1. The standard InChI is InChI=1S/C26H41N3O/c1-7-10-11-25(20(4)27-5)28(6)18-24-17-21(12-13-23(24)19-30)16-22-14-15-26(22)29(8-2)9-3/h7,12-13,17,19,22,25-27H,1,4,8-11,14-16,18H2,2-3,5-6H3.